The Morgan fingerprint density at radius 3 is 2.90 bits per heavy atom. The average Bonchev–Trinajstić information content (AvgIpc) is 3.39. The van der Waals surface area contributed by atoms with E-state index in [1.807, 2.05) is 42.5 Å². The third-order valence-corrected chi connectivity index (χ3v) is 5.20. The minimum atomic E-state index is 0.719. The number of aromatic nitrogens is 4. The van der Waals surface area contributed by atoms with Crippen LogP contribution in [0, 0.1) is 0 Å². The van der Waals surface area contributed by atoms with Gasteiger partial charge in [-0.3, -0.25) is 9.58 Å². The van der Waals surface area contributed by atoms with Crippen LogP contribution in [0.3, 0.4) is 0 Å². The van der Waals surface area contributed by atoms with Crippen molar-refractivity contribution >= 4 is 0 Å². The van der Waals surface area contributed by atoms with Gasteiger partial charge >= 0.3 is 0 Å². The zero-order valence-electron chi connectivity index (χ0n) is 17.0. The fourth-order valence-corrected chi connectivity index (χ4v) is 3.63. The first-order chi connectivity index (χ1) is 14.3. The number of nitrogens with zero attached hydrogens (tertiary/aromatic N) is 5. The number of imidazole rings is 1. The molecule has 0 N–H and O–H groups in total. The molecule has 0 atom stereocenters. The third-order valence-electron chi connectivity index (χ3n) is 5.20. The molecule has 7 heteroatoms. The maximum atomic E-state index is 6.00. The van der Waals surface area contributed by atoms with Crippen LogP contribution in [0.25, 0.3) is 11.4 Å². The number of benzene rings is 1. The van der Waals surface area contributed by atoms with Gasteiger partial charge < -0.3 is 14.0 Å². The zero-order chi connectivity index (χ0) is 19.9. The molecule has 1 saturated heterocycles. The molecule has 154 valence electrons. The molecule has 0 unspecified atom stereocenters. The van der Waals surface area contributed by atoms with Gasteiger partial charge in [-0.15, -0.1) is 0 Å². The summed E-state index contributed by atoms with van der Waals surface area (Å²) in [6.07, 6.45) is 9.80. The Balaban J connectivity index is 1.32. The summed E-state index contributed by atoms with van der Waals surface area (Å²) in [4.78, 5) is 7.00. The number of morpholine rings is 1. The van der Waals surface area contributed by atoms with Gasteiger partial charge in [-0.2, -0.15) is 5.10 Å². The fraction of sp³-hybridized carbons (Fsp3) is 0.455. The molecule has 4 rings (SSSR count). The Hall–Kier alpha value is -2.64. The second-order valence-corrected chi connectivity index (χ2v) is 7.40. The van der Waals surface area contributed by atoms with Crippen molar-refractivity contribution in [1.29, 1.82) is 0 Å². The summed E-state index contributed by atoms with van der Waals surface area (Å²) >= 11 is 0. The first kappa shape index (κ1) is 19.7. The molecule has 7 nitrogen and oxygen atoms in total. The highest BCUT2D eigenvalue weighted by Gasteiger charge is 2.10. The van der Waals surface area contributed by atoms with Gasteiger partial charge in [0, 0.05) is 57.4 Å². The lowest BCUT2D eigenvalue weighted by molar-refractivity contribution is 0.0358. The van der Waals surface area contributed by atoms with E-state index in [-0.39, 0.29) is 0 Å². The van der Waals surface area contributed by atoms with E-state index < -0.39 is 0 Å². The summed E-state index contributed by atoms with van der Waals surface area (Å²) in [5.41, 5.74) is 2.30. The summed E-state index contributed by atoms with van der Waals surface area (Å²) in [7, 11) is 1.94. The Kier molecular flexibility index (Phi) is 6.59. The second-order valence-electron chi connectivity index (χ2n) is 7.40. The molecule has 0 radical (unpaired) electrons. The molecule has 1 aromatic carbocycles. The molecule has 1 fully saturated rings. The molecule has 0 aliphatic carbocycles. The minimum absolute atomic E-state index is 0.719. The van der Waals surface area contributed by atoms with Gasteiger partial charge in [0.25, 0.3) is 0 Å². The normalized spacial score (nSPS) is 14.9. The van der Waals surface area contributed by atoms with Crippen LogP contribution in [0.15, 0.2) is 49.1 Å². The Morgan fingerprint density at radius 1 is 1.17 bits per heavy atom. The molecule has 1 aliphatic heterocycles. The first-order valence-corrected chi connectivity index (χ1v) is 10.3. The van der Waals surface area contributed by atoms with E-state index in [0.717, 1.165) is 76.0 Å². The summed E-state index contributed by atoms with van der Waals surface area (Å²) in [5.74, 6) is 1.86. The second kappa shape index (κ2) is 9.71. The van der Waals surface area contributed by atoms with Crippen molar-refractivity contribution in [2.75, 3.05) is 39.5 Å². The van der Waals surface area contributed by atoms with Gasteiger partial charge in [0.2, 0.25) is 0 Å². The van der Waals surface area contributed by atoms with Crippen LogP contribution < -0.4 is 4.74 Å². The molecule has 29 heavy (non-hydrogen) atoms. The quantitative estimate of drug-likeness (QED) is 0.522. The van der Waals surface area contributed by atoms with Crippen LogP contribution in [-0.4, -0.2) is 63.7 Å². The fourth-order valence-electron chi connectivity index (χ4n) is 3.63. The number of hydrogen-bond acceptors (Lipinski definition) is 5. The van der Waals surface area contributed by atoms with E-state index in [9.17, 15) is 0 Å². The molecule has 0 amide bonds. The largest absolute Gasteiger partial charge is 0.494 e. The van der Waals surface area contributed by atoms with Gasteiger partial charge in [0.15, 0.2) is 0 Å². The third kappa shape index (κ3) is 5.46. The van der Waals surface area contributed by atoms with E-state index in [2.05, 4.69) is 37.9 Å². The van der Waals surface area contributed by atoms with Crippen molar-refractivity contribution in [2.45, 2.75) is 19.4 Å². The van der Waals surface area contributed by atoms with Gasteiger partial charge in [0.1, 0.15) is 11.6 Å². The van der Waals surface area contributed by atoms with Crippen molar-refractivity contribution in [3.8, 4) is 17.1 Å². The van der Waals surface area contributed by atoms with Crippen LogP contribution in [0.5, 0.6) is 5.75 Å². The standard InChI is InChI=1S/C22H29N5O2/c1-25-18-19(17-24-25)6-9-27-10-7-23-22(27)20-4-2-5-21(16-20)29-13-3-8-26-11-14-28-15-12-26/h2,4-5,7,10,16-18H,3,6,8-9,11-15H2,1H3. The minimum Gasteiger partial charge on any atom is -0.494 e. The molecule has 3 heterocycles. The Morgan fingerprint density at radius 2 is 2.07 bits per heavy atom. The van der Waals surface area contributed by atoms with Crippen molar-refractivity contribution in [1.82, 2.24) is 24.2 Å². The zero-order valence-corrected chi connectivity index (χ0v) is 17.0. The molecular formula is C22H29N5O2. The maximum absolute atomic E-state index is 6.00. The van der Waals surface area contributed by atoms with Crippen LogP contribution in [0.2, 0.25) is 0 Å². The van der Waals surface area contributed by atoms with E-state index in [1.54, 1.807) is 0 Å². The molecule has 0 bridgehead atoms. The lowest BCUT2D eigenvalue weighted by atomic mass is 10.2. The van der Waals surface area contributed by atoms with E-state index >= 15 is 0 Å². The van der Waals surface area contributed by atoms with Crippen molar-refractivity contribution in [3.63, 3.8) is 0 Å². The molecule has 3 aromatic rings. The smallest absolute Gasteiger partial charge is 0.140 e. The number of hydrogen-bond donors (Lipinski definition) is 0. The van der Waals surface area contributed by atoms with Crippen LogP contribution in [0.4, 0.5) is 0 Å². The van der Waals surface area contributed by atoms with Gasteiger partial charge in [-0.05, 0) is 30.5 Å². The number of ether oxygens (including phenoxy) is 2. The van der Waals surface area contributed by atoms with E-state index in [4.69, 9.17) is 9.47 Å². The topological polar surface area (TPSA) is 57.3 Å². The highest BCUT2D eigenvalue weighted by atomic mass is 16.5. The van der Waals surface area contributed by atoms with Crippen molar-refractivity contribution in [3.05, 3.63) is 54.6 Å². The van der Waals surface area contributed by atoms with Crippen molar-refractivity contribution < 1.29 is 9.47 Å². The average molecular weight is 396 g/mol. The number of rotatable bonds is 9. The van der Waals surface area contributed by atoms with Crippen molar-refractivity contribution in [2.24, 2.45) is 7.05 Å². The lowest BCUT2D eigenvalue weighted by Gasteiger charge is -2.26. The summed E-state index contributed by atoms with van der Waals surface area (Å²) in [5, 5.41) is 4.24. The lowest BCUT2D eigenvalue weighted by Crippen LogP contribution is -2.37. The molecule has 0 saturated carbocycles. The predicted octanol–water partition coefficient (Wildman–Crippen LogP) is 2.63. The summed E-state index contributed by atoms with van der Waals surface area (Å²) < 4.78 is 15.4. The van der Waals surface area contributed by atoms with Gasteiger partial charge in [-0.1, -0.05) is 12.1 Å². The van der Waals surface area contributed by atoms with Crippen LogP contribution in [0.1, 0.15) is 12.0 Å². The Bertz CT molecular complexity index is 898. The first-order valence-electron chi connectivity index (χ1n) is 10.3. The number of aryl methyl sites for hydroxylation is 3. The van der Waals surface area contributed by atoms with E-state index in [1.165, 1.54) is 5.56 Å². The maximum Gasteiger partial charge on any atom is 0.140 e. The van der Waals surface area contributed by atoms with E-state index in [0.29, 0.717) is 0 Å². The molecular weight excluding hydrogens is 366 g/mol. The predicted molar refractivity (Wildman–Crippen MR) is 112 cm³/mol. The highest BCUT2D eigenvalue weighted by molar-refractivity contribution is 5.58. The molecule has 1 aliphatic rings. The molecule has 0 spiro atoms. The summed E-state index contributed by atoms with van der Waals surface area (Å²) in [6, 6.07) is 8.22. The van der Waals surface area contributed by atoms with Crippen LogP contribution in [-0.2, 0) is 24.8 Å². The van der Waals surface area contributed by atoms with Crippen LogP contribution >= 0.6 is 0 Å². The molecule has 2 aromatic heterocycles. The SMILES string of the molecule is Cn1cc(CCn2ccnc2-c2cccc(OCCCN3CCOCC3)c2)cn1. The summed E-state index contributed by atoms with van der Waals surface area (Å²) in [6.45, 7) is 6.38. The van der Waals surface area contributed by atoms with Gasteiger partial charge in [-0.25, -0.2) is 4.98 Å². The monoisotopic (exact) mass is 395 g/mol. The highest BCUT2D eigenvalue weighted by Crippen LogP contribution is 2.23. The Labute approximate surface area is 171 Å². The van der Waals surface area contributed by atoms with Gasteiger partial charge in [0.05, 0.1) is 26.0 Å².